The van der Waals surface area contributed by atoms with Gasteiger partial charge in [0.2, 0.25) is 0 Å². The van der Waals surface area contributed by atoms with E-state index in [0.717, 1.165) is 22.3 Å². The first kappa shape index (κ1) is 24.4. The van der Waals surface area contributed by atoms with E-state index in [1.807, 2.05) is 48.5 Å². The monoisotopic (exact) mass is 472 g/mol. The Morgan fingerprint density at radius 3 is 2.09 bits per heavy atom. The maximum absolute atomic E-state index is 12.6. The van der Waals surface area contributed by atoms with Gasteiger partial charge >= 0.3 is 12.1 Å². The van der Waals surface area contributed by atoms with E-state index in [1.54, 1.807) is 13.8 Å². The molecule has 1 atom stereocenters. The number of ether oxygens (including phenoxy) is 1. The fourth-order valence-electron chi connectivity index (χ4n) is 3.87. The molecule has 0 fully saturated rings. The van der Waals surface area contributed by atoms with Crippen LogP contribution in [0.25, 0.3) is 11.1 Å². The van der Waals surface area contributed by atoms with E-state index >= 15 is 0 Å². The number of fused-ring (bicyclic) bond motifs is 3. The quantitative estimate of drug-likeness (QED) is 0.573. The summed E-state index contributed by atoms with van der Waals surface area (Å²) in [5, 5.41) is 11.4. The Morgan fingerprint density at radius 1 is 1.03 bits per heavy atom. The molecular formula is C24H28N2O6S. The van der Waals surface area contributed by atoms with E-state index in [9.17, 15) is 18.6 Å². The highest BCUT2D eigenvalue weighted by Gasteiger charge is 2.30. The minimum absolute atomic E-state index is 0.0531. The predicted molar refractivity (Wildman–Crippen MR) is 126 cm³/mol. The molecule has 8 nitrogen and oxygen atoms in total. The van der Waals surface area contributed by atoms with E-state index in [1.165, 1.54) is 0 Å². The molecule has 2 N–H and O–H groups in total. The maximum atomic E-state index is 12.6. The van der Waals surface area contributed by atoms with Crippen molar-refractivity contribution in [1.29, 1.82) is 0 Å². The van der Waals surface area contributed by atoms with Crippen LogP contribution < -0.4 is 5.32 Å². The van der Waals surface area contributed by atoms with Gasteiger partial charge in [0.1, 0.15) is 12.6 Å². The zero-order valence-corrected chi connectivity index (χ0v) is 19.5. The molecule has 33 heavy (non-hydrogen) atoms. The van der Waals surface area contributed by atoms with Crippen LogP contribution in [0.5, 0.6) is 0 Å². The average molecular weight is 473 g/mol. The third kappa shape index (κ3) is 5.78. The summed E-state index contributed by atoms with van der Waals surface area (Å²) in [5.74, 6) is -1.70. The van der Waals surface area contributed by atoms with Crippen LogP contribution in [0.15, 0.2) is 52.9 Å². The number of hydrogen-bond acceptors (Lipinski definition) is 5. The lowest BCUT2D eigenvalue weighted by Crippen LogP contribution is -2.41. The van der Waals surface area contributed by atoms with E-state index in [4.69, 9.17) is 9.84 Å². The first-order valence-corrected chi connectivity index (χ1v) is 12.7. The van der Waals surface area contributed by atoms with Crippen molar-refractivity contribution in [3.8, 4) is 11.1 Å². The summed E-state index contributed by atoms with van der Waals surface area (Å²) in [7, 11) is -2.74. The number of hydrogen-bond donors (Lipinski definition) is 2. The van der Waals surface area contributed by atoms with Gasteiger partial charge in [-0.2, -0.15) is 4.36 Å². The molecule has 0 spiro atoms. The van der Waals surface area contributed by atoms with Gasteiger partial charge in [-0.05, 0) is 28.7 Å². The number of carbonyl (C=O) groups is 3. The van der Waals surface area contributed by atoms with Crippen molar-refractivity contribution < 1.29 is 28.4 Å². The summed E-state index contributed by atoms with van der Waals surface area (Å²) in [5.41, 5.74) is 4.27. The normalized spacial score (nSPS) is 13.5. The molecule has 0 radical (unpaired) electrons. The van der Waals surface area contributed by atoms with Crippen molar-refractivity contribution in [2.75, 3.05) is 18.1 Å². The lowest BCUT2D eigenvalue weighted by atomic mass is 9.98. The maximum Gasteiger partial charge on any atom is 0.407 e. The van der Waals surface area contributed by atoms with Crippen LogP contribution in [0, 0.1) is 0 Å². The molecular weight excluding hydrogens is 444 g/mol. The molecule has 0 aromatic heterocycles. The van der Waals surface area contributed by atoms with E-state index in [-0.39, 0.29) is 36.9 Å². The highest BCUT2D eigenvalue weighted by molar-refractivity contribution is 7.93. The minimum Gasteiger partial charge on any atom is -0.481 e. The zero-order chi connectivity index (χ0) is 24.0. The van der Waals surface area contributed by atoms with Crippen LogP contribution in [0.1, 0.15) is 43.7 Å². The topological polar surface area (TPSA) is 122 Å². The van der Waals surface area contributed by atoms with Gasteiger partial charge in [-0.1, -0.05) is 62.4 Å². The van der Waals surface area contributed by atoms with Crippen LogP contribution >= 0.6 is 0 Å². The summed E-state index contributed by atoms with van der Waals surface area (Å²) in [4.78, 5) is 36.1. The third-order valence-electron chi connectivity index (χ3n) is 5.74. The van der Waals surface area contributed by atoms with Gasteiger partial charge in [-0.25, -0.2) is 9.00 Å². The molecule has 2 aromatic carbocycles. The lowest BCUT2D eigenvalue weighted by molar-refractivity contribution is -0.137. The number of nitrogens with one attached hydrogen (secondary N) is 1. The molecule has 2 amide bonds. The predicted octanol–water partition coefficient (Wildman–Crippen LogP) is 3.79. The number of benzene rings is 2. The molecule has 1 aliphatic rings. The Kier molecular flexibility index (Phi) is 7.86. The fraction of sp³-hybridized carbons (Fsp3) is 0.375. The Morgan fingerprint density at radius 2 is 1.58 bits per heavy atom. The minimum atomic E-state index is -2.74. The smallest absolute Gasteiger partial charge is 0.407 e. The molecule has 3 rings (SSSR count). The van der Waals surface area contributed by atoms with Gasteiger partial charge in [0.25, 0.3) is 5.91 Å². The van der Waals surface area contributed by atoms with Crippen LogP contribution in [-0.2, 0) is 24.1 Å². The molecule has 1 aliphatic carbocycles. The second-order valence-corrected chi connectivity index (χ2v) is 10.6. The molecule has 0 saturated carbocycles. The number of carboxylic acid groups (broad SMARTS) is 1. The lowest BCUT2D eigenvalue weighted by Gasteiger charge is -2.18. The summed E-state index contributed by atoms with van der Waals surface area (Å²) in [6.45, 7) is 3.37. The number of alkyl carbamates (subject to hydrolysis) is 1. The molecule has 1 unspecified atom stereocenters. The summed E-state index contributed by atoms with van der Waals surface area (Å²) >= 11 is 0. The molecule has 9 heteroatoms. The number of nitrogens with zero attached hydrogens (tertiary/aromatic N) is 1. The largest absolute Gasteiger partial charge is 0.481 e. The van der Waals surface area contributed by atoms with Crippen molar-refractivity contribution in [3.63, 3.8) is 0 Å². The van der Waals surface area contributed by atoms with Crippen molar-refractivity contribution in [1.82, 2.24) is 5.32 Å². The van der Waals surface area contributed by atoms with Crippen LogP contribution in [0.2, 0.25) is 0 Å². The first-order valence-electron chi connectivity index (χ1n) is 10.9. The van der Waals surface area contributed by atoms with Crippen molar-refractivity contribution in [2.24, 2.45) is 4.36 Å². The molecule has 0 saturated heterocycles. The second-order valence-electron chi connectivity index (χ2n) is 7.73. The summed E-state index contributed by atoms with van der Waals surface area (Å²) in [6.07, 6.45) is -1.38. The van der Waals surface area contributed by atoms with Crippen LogP contribution in [0.3, 0.4) is 0 Å². The first-order chi connectivity index (χ1) is 15.8. The highest BCUT2D eigenvalue weighted by Crippen LogP contribution is 2.44. The Balaban J connectivity index is 1.72. The number of carboxylic acids is 1. The van der Waals surface area contributed by atoms with Crippen LogP contribution in [0.4, 0.5) is 4.79 Å². The SMILES string of the molecule is CCS(=O)(CC)=NC(=O)C(CCC(=O)O)NC(=O)OCC1c2ccccc2-c2ccccc21. The van der Waals surface area contributed by atoms with E-state index < -0.39 is 33.7 Å². The van der Waals surface area contributed by atoms with E-state index in [2.05, 4.69) is 9.68 Å². The Hall–Kier alpha value is -3.20. The van der Waals surface area contributed by atoms with Crippen LogP contribution in [-0.4, -0.2) is 51.4 Å². The Labute approximate surface area is 193 Å². The molecule has 0 aliphatic heterocycles. The molecule has 0 bridgehead atoms. The van der Waals surface area contributed by atoms with Gasteiger partial charge in [0.05, 0.1) is 9.73 Å². The van der Waals surface area contributed by atoms with Gasteiger partial charge < -0.3 is 15.2 Å². The van der Waals surface area contributed by atoms with Crippen molar-refractivity contribution in [3.05, 3.63) is 59.7 Å². The third-order valence-corrected chi connectivity index (χ3v) is 8.06. The van der Waals surface area contributed by atoms with Crippen molar-refractivity contribution >= 4 is 27.7 Å². The number of carbonyl (C=O) groups excluding carboxylic acids is 2. The number of aliphatic carboxylic acids is 1. The van der Waals surface area contributed by atoms with Gasteiger partial charge in [-0.15, -0.1) is 0 Å². The number of amides is 2. The second kappa shape index (κ2) is 10.6. The van der Waals surface area contributed by atoms with E-state index in [0.29, 0.717) is 0 Å². The standard InChI is InChI=1S/C24H28N2O6S/c1-3-33(31,4-2)26-23(29)21(13-14-22(27)28)25-24(30)32-15-20-18-11-7-5-9-16(18)17-10-6-8-12-19(17)20/h5-12,20-21H,3-4,13-15H2,1-2H3,(H,25,30)(H,27,28). The molecule has 0 heterocycles. The fourth-order valence-corrected chi connectivity index (χ4v) is 4.99. The van der Waals surface area contributed by atoms with Gasteiger partial charge in [0, 0.05) is 23.8 Å². The number of rotatable bonds is 9. The van der Waals surface area contributed by atoms with Gasteiger partial charge in [-0.3, -0.25) is 9.59 Å². The van der Waals surface area contributed by atoms with Crippen molar-refractivity contribution in [2.45, 2.75) is 38.6 Å². The molecule has 176 valence electrons. The average Bonchev–Trinajstić information content (AvgIpc) is 3.13. The Bertz CT molecular complexity index is 1110. The highest BCUT2D eigenvalue weighted by atomic mass is 32.2. The summed E-state index contributed by atoms with van der Waals surface area (Å²) < 4.78 is 21.8. The zero-order valence-electron chi connectivity index (χ0n) is 18.7. The molecule has 2 aromatic rings. The van der Waals surface area contributed by atoms with Gasteiger partial charge in [0.15, 0.2) is 0 Å². The summed E-state index contributed by atoms with van der Waals surface area (Å²) in [6, 6.07) is 14.6.